The van der Waals surface area contributed by atoms with Crippen molar-refractivity contribution in [3.05, 3.63) is 61.1 Å². The van der Waals surface area contributed by atoms with Crippen LogP contribution in [0.1, 0.15) is 0 Å². The minimum atomic E-state index is -0.640. The Hall–Kier alpha value is -4.12. The van der Waals surface area contributed by atoms with E-state index in [0.29, 0.717) is 27.9 Å². The molecule has 10 nitrogen and oxygen atoms in total. The molecule has 0 aliphatic carbocycles. The van der Waals surface area contributed by atoms with Crippen molar-refractivity contribution in [2.45, 2.75) is 5.03 Å². The third kappa shape index (κ3) is 4.05. The van der Waals surface area contributed by atoms with Gasteiger partial charge >= 0.3 is 6.03 Å². The zero-order chi connectivity index (χ0) is 21.9. The fraction of sp³-hybridized carbons (Fsp3) is 0.0952. The second-order valence-electron chi connectivity index (χ2n) is 6.67. The molecule has 3 heterocycles. The Balaban J connectivity index is 1.21. The van der Waals surface area contributed by atoms with Crippen molar-refractivity contribution in [3.8, 4) is 17.2 Å². The predicted molar refractivity (Wildman–Crippen MR) is 117 cm³/mol. The van der Waals surface area contributed by atoms with E-state index in [4.69, 9.17) is 9.47 Å². The highest BCUT2D eigenvalue weighted by Gasteiger charge is 2.16. The lowest BCUT2D eigenvalue weighted by Gasteiger charge is -2.07. The molecule has 5 rings (SSSR count). The van der Waals surface area contributed by atoms with Gasteiger partial charge in [-0.05, 0) is 24.3 Å². The third-order valence-corrected chi connectivity index (χ3v) is 5.56. The number of urea groups is 1. The van der Waals surface area contributed by atoms with Crippen LogP contribution in [0.3, 0.4) is 0 Å². The molecule has 0 bridgehead atoms. The molecule has 3 amide bonds. The number of thioether (sulfide) groups is 1. The minimum Gasteiger partial charge on any atom is -0.454 e. The van der Waals surface area contributed by atoms with Crippen LogP contribution in [0, 0.1) is 0 Å². The van der Waals surface area contributed by atoms with Gasteiger partial charge in [0, 0.05) is 11.8 Å². The first-order chi connectivity index (χ1) is 15.7. The van der Waals surface area contributed by atoms with Crippen LogP contribution in [0.5, 0.6) is 11.5 Å². The van der Waals surface area contributed by atoms with Gasteiger partial charge in [-0.25, -0.2) is 19.4 Å². The smallest absolute Gasteiger partial charge is 0.325 e. The monoisotopic (exact) mass is 448 g/mol. The number of anilines is 1. The molecule has 0 fully saturated rings. The van der Waals surface area contributed by atoms with E-state index in [1.54, 1.807) is 29.1 Å². The zero-order valence-electron chi connectivity index (χ0n) is 16.5. The first-order valence-corrected chi connectivity index (χ1v) is 10.5. The lowest BCUT2D eigenvalue weighted by atomic mass is 10.3. The number of benzene rings is 2. The number of nitrogens with one attached hydrogen (secondary N) is 2. The van der Waals surface area contributed by atoms with Crippen molar-refractivity contribution < 1.29 is 19.1 Å². The number of carbonyl (C=O) groups is 2. The maximum atomic E-state index is 12.3. The van der Waals surface area contributed by atoms with Gasteiger partial charge in [-0.2, -0.15) is 5.10 Å². The highest BCUT2D eigenvalue weighted by molar-refractivity contribution is 8.00. The molecular formula is C21H16N6O4S. The van der Waals surface area contributed by atoms with Crippen molar-refractivity contribution in [1.82, 2.24) is 25.1 Å². The highest BCUT2D eigenvalue weighted by atomic mass is 32.2. The van der Waals surface area contributed by atoms with Crippen molar-refractivity contribution in [2.24, 2.45) is 0 Å². The summed E-state index contributed by atoms with van der Waals surface area (Å²) in [7, 11) is 0. The molecule has 0 saturated heterocycles. The normalized spacial score (nSPS) is 12.0. The summed E-state index contributed by atoms with van der Waals surface area (Å²) in [6, 6.07) is 13.9. The SMILES string of the molecule is O=C(CSc1ncnc2c1cnn2-c1ccccc1)NC(=O)Nc1ccc2c(c1)OCO2. The van der Waals surface area contributed by atoms with Crippen molar-refractivity contribution >= 4 is 40.4 Å². The van der Waals surface area contributed by atoms with Gasteiger partial charge in [0.05, 0.1) is 23.0 Å². The number of fused-ring (bicyclic) bond motifs is 2. The Morgan fingerprint density at radius 2 is 1.91 bits per heavy atom. The fourth-order valence-corrected chi connectivity index (χ4v) is 3.89. The first-order valence-electron chi connectivity index (χ1n) is 9.55. The van der Waals surface area contributed by atoms with Crippen molar-refractivity contribution in [3.63, 3.8) is 0 Å². The molecule has 160 valence electrons. The number of aromatic nitrogens is 4. The van der Waals surface area contributed by atoms with Gasteiger partial charge < -0.3 is 14.8 Å². The second-order valence-corrected chi connectivity index (χ2v) is 7.63. The molecule has 0 unspecified atom stereocenters. The zero-order valence-corrected chi connectivity index (χ0v) is 17.3. The Morgan fingerprint density at radius 1 is 1.06 bits per heavy atom. The van der Waals surface area contributed by atoms with Crippen LogP contribution in [0.25, 0.3) is 16.7 Å². The number of amides is 3. The highest BCUT2D eigenvalue weighted by Crippen LogP contribution is 2.34. The van der Waals surface area contributed by atoms with Gasteiger partial charge in [-0.15, -0.1) is 0 Å². The lowest BCUT2D eigenvalue weighted by Crippen LogP contribution is -2.35. The quantitative estimate of drug-likeness (QED) is 0.353. The minimum absolute atomic E-state index is 0.00279. The van der Waals surface area contributed by atoms with Crippen LogP contribution in [0.2, 0.25) is 0 Å². The number of nitrogens with zero attached hydrogens (tertiary/aromatic N) is 4. The molecule has 32 heavy (non-hydrogen) atoms. The maximum absolute atomic E-state index is 12.3. The topological polar surface area (TPSA) is 120 Å². The number of rotatable bonds is 5. The van der Waals surface area contributed by atoms with Crippen molar-refractivity contribution in [1.29, 1.82) is 0 Å². The summed E-state index contributed by atoms with van der Waals surface area (Å²) in [6.45, 7) is 0.140. The van der Waals surface area contributed by atoms with Crippen LogP contribution in [-0.4, -0.2) is 44.2 Å². The summed E-state index contributed by atoms with van der Waals surface area (Å²) in [4.78, 5) is 33.0. The summed E-state index contributed by atoms with van der Waals surface area (Å²) in [5, 5.41) is 10.6. The van der Waals surface area contributed by atoms with Crippen LogP contribution in [-0.2, 0) is 4.79 Å². The predicted octanol–water partition coefficient (Wildman–Crippen LogP) is 2.98. The summed E-state index contributed by atoms with van der Waals surface area (Å²) in [6.07, 6.45) is 3.09. The molecule has 0 spiro atoms. The van der Waals surface area contributed by atoms with E-state index >= 15 is 0 Å². The Labute approximate surface area is 186 Å². The van der Waals surface area contributed by atoms with E-state index in [1.165, 1.54) is 18.1 Å². The van der Waals surface area contributed by atoms with Crippen LogP contribution >= 0.6 is 11.8 Å². The van der Waals surface area contributed by atoms with Crippen LogP contribution < -0.4 is 20.1 Å². The third-order valence-electron chi connectivity index (χ3n) is 4.55. The number of hydrogen-bond acceptors (Lipinski definition) is 8. The number of para-hydroxylation sites is 1. The van der Waals surface area contributed by atoms with Gasteiger partial charge in [-0.1, -0.05) is 30.0 Å². The van der Waals surface area contributed by atoms with E-state index in [2.05, 4.69) is 25.7 Å². The molecular weight excluding hydrogens is 432 g/mol. The second kappa shape index (κ2) is 8.55. The lowest BCUT2D eigenvalue weighted by molar-refractivity contribution is -0.117. The molecule has 0 radical (unpaired) electrons. The summed E-state index contributed by atoms with van der Waals surface area (Å²) < 4.78 is 12.2. The van der Waals surface area contributed by atoms with E-state index in [0.717, 1.165) is 11.1 Å². The fourth-order valence-electron chi connectivity index (χ4n) is 3.13. The van der Waals surface area contributed by atoms with Gasteiger partial charge in [0.15, 0.2) is 17.1 Å². The Kier molecular flexibility index (Phi) is 5.30. The van der Waals surface area contributed by atoms with Gasteiger partial charge in [0.25, 0.3) is 0 Å². The largest absolute Gasteiger partial charge is 0.454 e. The van der Waals surface area contributed by atoms with Crippen LogP contribution in [0.4, 0.5) is 10.5 Å². The maximum Gasteiger partial charge on any atom is 0.325 e. The number of ether oxygens (including phenoxy) is 2. The number of carbonyl (C=O) groups excluding carboxylic acids is 2. The van der Waals surface area contributed by atoms with E-state index in [1.807, 2.05) is 30.3 Å². The average Bonchev–Trinajstić information content (AvgIpc) is 3.45. The van der Waals surface area contributed by atoms with Gasteiger partial charge in [0.2, 0.25) is 12.7 Å². The molecule has 0 saturated carbocycles. The summed E-state index contributed by atoms with van der Waals surface area (Å²) in [5.41, 5.74) is 1.99. The summed E-state index contributed by atoms with van der Waals surface area (Å²) in [5.74, 6) is 0.677. The Morgan fingerprint density at radius 3 is 2.78 bits per heavy atom. The molecule has 1 aliphatic rings. The number of hydrogen-bond donors (Lipinski definition) is 2. The molecule has 1 aliphatic heterocycles. The van der Waals surface area contributed by atoms with Gasteiger partial charge in [-0.3, -0.25) is 10.1 Å². The standard InChI is InChI=1S/C21H16N6O4S/c28-18(26-21(29)25-13-6-7-16-17(8-13)31-12-30-16)10-32-20-15-9-24-27(19(15)22-11-23-20)14-4-2-1-3-5-14/h1-9,11H,10,12H2,(H2,25,26,28,29). The molecule has 4 aromatic rings. The molecule has 2 aromatic carbocycles. The van der Waals surface area contributed by atoms with Crippen LogP contribution in [0.15, 0.2) is 66.1 Å². The van der Waals surface area contributed by atoms with Crippen molar-refractivity contribution in [2.75, 3.05) is 17.9 Å². The summed E-state index contributed by atoms with van der Waals surface area (Å²) >= 11 is 1.20. The molecule has 2 N–H and O–H groups in total. The molecule has 11 heteroatoms. The van der Waals surface area contributed by atoms with E-state index in [9.17, 15) is 9.59 Å². The molecule has 2 aromatic heterocycles. The average molecular weight is 448 g/mol. The number of imide groups is 1. The Bertz CT molecular complexity index is 1310. The molecule has 0 atom stereocenters. The van der Waals surface area contributed by atoms with Gasteiger partial charge in [0.1, 0.15) is 11.4 Å². The van der Waals surface area contributed by atoms with E-state index in [-0.39, 0.29) is 12.5 Å². The van der Waals surface area contributed by atoms with E-state index < -0.39 is 11.9 Å². The first kappa shape index (κ1) is 19.8.